The minimum atomic E-state index is -4.32. The lowest BCUT2D eigenvalue weighted by molar-refractivity contribution is -0.140. The Balaban J connectivity index is 1.58. The van der Waals surface area contributed by atoms with Crippen LogP contribution in [0.1, 0.15) is 42.4 Å². The maximum absolute atomic E-state index is 15.1. The summed E-state index contributed by atoms with van der Waals surface area (Å²) >= 11 is 12.5. The molecule has 1 fully saturated rings. The van der Waals surface area contributed by atoms with E-state index >= 15 is 4.39 Å². The molecule has 0 saturated heterocycles. The van der Waals surface area contributed by atoms with Gasteiger partial charge in [0.1, 0.15) is 18.4 Å². The van der Waals surface area contributed by atoms with Gasteiger partial charge in [0.05, 0.1) is 20.6 Å². The van der Waals surface area contributed by atoms with Crippen molar-refractivity contribution in [3.05, 3.63) is 130 Å². The van der Waals surface area contributed by atoms with Crippen molar-refractivity contribution >= 4 is 50.7 Å². The normalized spacial score (nSPS) is 14.0. The number of rotatable bonds is 12. The Labute approximate surface area is 285 Å². The van der Waals surface area contributed by atoms with Crippen molar-refractivity contribution in [1.29, 1.82) is 0 Å². The van der Waals surface area contributed by atoms with E-state index in [0.717, 1.165) is 41.1 Å². The Bertz CT molecular complexity index is 1820. The largest absolute Gasteiger partial charge is 0.352 e. The smallest absolute Gasteiger partial charge is 0.264 e. The molecule has 0 heterocycles. The van der Waals surface area contributed by atoms with Crippen molar-refractivity contribution in [2.75, 3.05) is 10.8 Å². The summed E-state index contributed by atoms with van der Waals surface area (Å²) in [5, 5.41) is 3.41. The second kappa shape index (κ2) is 15.3. The van der Waals surface area contributed by atoms with Gasteiger partial charge in [-0.1, -0.05) is 102 Å². The topological polar surface area (TPSA) is 86.8 Å². The second-order valence-corrected chi connectivity index (χ2v) is 14.4. The van der Waals surface area contributed by atoms with Crippen molar-refractivity contribution in [1.82, 2.24) is 10.2 Å². The monoisotopic (exact) mass is 695 g/mol. The quantitative estimate of drug-likeness (QED) is 0.168. The van der Waals surface area contributed by atoms with Crippen LogP contribution < -0.4 is 9.62 Å². The molecule has 1 aliphatic carbocycles. The molecule has 1 aliphatic rings. The van der Waals surface area contributed by atoms with Crippen LogP contribution in [0.5, 0.6) is 0 Å². The average molecular weight is 697 g/mol. The number of benzene rings is 4. The number of hydrogen-bond donors (Lipinski definition) is 1. The highest BCUT2D eigenvalue weighted by molar-refractivity contribution is 7.92. The number of amides is 2. The molecule has 2 amide bonds. The van der Waals surface area contributed by atoms with E-state index in [9.17, 15) is 18.0 Å². The molecule has 0 bridgehead atoms. The number of nitrogens with zero attached hydrogens (tertiary/aromatic N) is 2. The zero-order valence-electron chi connectivity index (χ0n) is 25.9. The summed E-state index contributed by atoms with van der Waals surface area (Å²) in [4.78, 5) is 29.9. The van der Waals surface area contributed by atoms with Crippen LogP contribution >= 0.6 is 23.2 Å². The first-order chi connectivity index (χ1) is 22.5. The standard InChI is InChI=1S/C36H36Cl2FN3O4S/c1-25-15-18-30(19-16-25)47(45,46)42(29-17-20-31(37)32(38)22-29)24-35(43)41(23-27-11-5-8-14-33(27)39)34(21-26-9-3-2-4-10-26)36(44)40-28-12-6-7-13-28/h2-5,8-11,14-20,22,28,34H,6-7,12-13,21,23-24H2,1H3,(H,40,44). The number of nitrogens with one attached hydrogen (secondary N) is 1. The second-order valence-electron chi connectivity index (χ2n) is 11.7. The van der Waals surface area contributed by atoms with Gasteiger partial charge in [0.15, 0.2) is 0 Å². The van der Waals surface area contributed by atoms with Gasteiger partial charge in [-0.05, 0) is 61.7 Å². The number of hydrogen-bond acceptors (Lipinski definition) is 4. The van der Waals surface area contributed by atoms with Crippen LogP contribution in [0, 0.1) is 12.7 Å². The van der Waals surface area contributed by atoms with E-state index in [1.165, 1.54) is 41.3 Å². The average Bonchev–Trinajstić information content (AvgIpc) is 3.57. The van der Waals surface area contributed by atoms with Crippen LogP contribution in [0.4, 0.5) is 10.1 Å². The van der Waals surface area contributed by atoms with Gasteiger partial charge in [-0.2, -0.15) is 0 Å². The van der Waals surface area contributed by atoms with Gasteiger partial charge in [0.25, 0.3) is 10.0 Å². The van der Waals surface area contributed by atoms with E-state index in [0.29, 0.717) is 0 Å². The predicted molar refractivity (Wildman–Crippen MR) is 183 cm³/mol. The Morgan fingerprint density at radius 1 is 0.894 bits per heavy atom. The molecule has 1 unspecified atom stereocenters. The maximum atomic E-state index is 15.1. The summed E-state index contributed by atoms with van der Waals surface area (Å²) in [5.74, 6) is -1.63. The lowest BCUT2D eigenvalue weighted by Gasteiger charge is -2.34. The molecule has 0 radical (unpaired) electrons. The van der Waals surface area contributed by atoms with Gasteiger partial charge in [-0.25, -0.2) is 12.8 Å². The molecule has 1 atom stereocenters. The fraction of sp³-hybridized carbons (Fsp3) is 0.278. The van der Waals surface area contributed by atoms with Gasteiger partial charge in [-0.3, -0.25) is 13.9 Å². The highest BCUT2D eigenvalue weighted by Crippen LogP contribution is 2.31. The minimum Gasteiger partial charge on any atom is -0.352 e. The van der Waals surface area contributed by atoms with E-state index in [4.69, 9.17) is 23.2 Å². The van der Waals surface area contributed by atoms with Crippen LogP contribution in [0.3, 0.4) is 0 Å². The van der Waals surface area contributed by atoms with E-state index < -0.39 is 34.3 Å². The lowest BCUT2D eigenvalue weighted by atomic mass is 10.0. The molecule has 47 heavy (non-hydrogen) atoms. The third-order valence-corrected chi connectivity index (χ3v) is 10.9. The Hall–Kier alpha value is -3.92. The number of sulfonamides is 1. The fourth-order valence-corrected chi connectivity index (χ4v) is 7.44. The SMILES string of the molecule is Cc1ccc(S(=O)(=O)N(CC(=O)N(Cc2ccccc2F)C(Cc2ccccc2)C(=O)NC2CCCC2)c2ccc(Cl)c(Cl)c2)cc1. The Morgan fingerprint density at radius 2 is 1.55 bits per heavy atom. The maximum Gasteiger partial charge on any atom is 0.264 e. The van der Waals surface area contributed by atoms with Crippen LogP contribution in [-0.4, -0.2) is 43.8 Å². The number of carbonyl (C=O) groups excluding carboxylic acids is 2. The van der Waals surface area contributed by atoms with E-state index in [1.807, 2.05) is 37.3 Å². The van der Waals surface area contributed by atoms with Crippen LogP contribution in [-0.2, 0) is 32.6 Å². The van der Waals surface area contributed by atoms with E-state index in [1.54, 1.807) is 30.3 Å². The Morgan fingerprint density at radius 3 is 2.21 bits per heavy atom. The van der Waals surface area contributed by atoms with Crippen LogP contribution in [0.15, 0.2) is 102 Å². The van der Waals surface area contributed by atoms with Crippen molar-refractivity contribution < 1.29 is 22.4 Å². The zero-order chi connectivity index (χ0) is 33.6. The first kappa shape index (κ1) is 34.4. The van der Waals surface area contributed by atoms with Gasteiger partial charge < -0.3 is 10.2 Å². The minimum absolute atomic E-state index is 0.0394. The molecule has 0 spiro atoms. The van der Waals surface area contributed by atoms with Gasteiger partial charge >= 0.3 is 0 Å². The third kappa shape index (κ3) is 8.52. The highest BCUT2D eigenvalue weighted by Gasteiger charge is 2.36. The summed E-state index contributed by atoms with van der Waals surface area (Å²) in [6.45, 7) is 0.881. The van der Waals surface area contributed by atoms with Gasteiger partial charge in [0, 0.05) is 24.6 Å². The summed E-state index contributed by atoms with van der Waals surface area (Å²) < 4.78 is 44.4. The first-order valence-corrected chi connectivity index (χ1v) is 17.6. The van der Waals surface area contributed by atoms with Crippen LogP contribution in [0.25, 0.3) is 0 Å². The van der Waals surface area contributed by atoms with Gasteiger partial charge in [-0.15, -0.1) is 0 Å². The van der Waals surface area contributed by atoms with Gasteiger partial charge in [0.2, 0.25) is 11.8 Å². The fourth-order valence-electron chi connectivity index (χ4n) is 5.74. The molecular formula is C36H36Cl2FN3O4S. The number of halogens is 3. The molecule has 4 aromatic carbocycles. The van der Waals surface area contributed by atoms with Crippen LogP contribution in [0.2, 0.25) is 10.0 Å². The number of aryl methyl sites for hydroxylation is 1. The molecule has 11 heteroatoms. The molecular weight excluding hydrogens is 660 g/mol. The van der Waals surface area contributed by atoms with Crippen molar-refractivity contribution in [3.8, 4) is 0 Å². The molecule has 5 rings (SSSR count). The van der Waals surface area contributed by atoms with E-state index in [2.05, 4.69) is 5.32 Å². The molecule has 1 N–H and O–H groups in total. The lowest BCUT2D eigenvalue weighted by Crippen LogP contribution is -2.54. The predicted octanol–water partition coefficient (Wildman–Crippen LogP) is 7.34. The molecule has 4 aromatic rings. The summed E-state index contributed by atoms with van der Waals surface area (Å²) in [5.41, 5.74) is 1.94. The van der Waals surface area contributed by atoms with Crippen molar-refractivity contribution in [3.63, 3.8) is 0 Å². The summed E-state index contributed by atoms with van der Waals surface area (Å²) in [6, 6.07) is 24.7. The molecule has 0 aromatic heterocycles. The van der Waals surface area contributed by atoms with Crippen molar-refractivity contribution in [2.24, 2.45) is 0 Å². The van der Waals surface area contributed by atoms with E-state index in [-0.39, 0.29) is 51.1 Å². The third-order valence-electron chi connectivity index (χ3n) is 8.35. The Kier molecular flexibility index (Phi) is 11.2. The highest BCUT2D eigenvalue weighted by atomic mass is 35.5. The first-order valence-electron chi connectivity index (χ1n) is 15.4. The number of anilines is 1. The molecule has 246 valence electrons. The number of carbonyl (C=O) groups is 2. The summed E-state index contributed by atoms with van der Waals surface area (Å²) in [7, 11) is -4.32. The van der Waals surface area contributed by atoms with Crippen molar-refractivity contribution in [2.45, 2.75) is 62.6 Å². The molecule has 0 aliphatic heterocycles. The zero-order valence-corrected chi connectivity index (χ0v) is 28.2. The molecule has 7 nitrogen and oxygen atoms in total. The molecule has 1 saturated carbocycles. The summed E-state index contributed by atoms with van der Waals surface area (Å²) in [6.07, 6.45) is 3.76.